The summed E-state index contributed by atoms with van der Waals surface area (Å²) in [6.45, 7) is 0.415. The van der Waals surface area contributed by atoms with Crippen molar-refractivity contribution < 1.29 is 19.1 Å². The third-order valence-electron chi connectivity index (χ3n) is 5.62. The van der Waals surface area contributed by atoms with Crippen LogP contribution in [0.1, 0.15) is 21.5 Å². The van der Waals surface area contributed by atoms with Crippen LogP contribution in [0.5, 0.6) is 5.75 Å². The van der Waals surface area contributed by atoms with Crippen LogP contribution in [-0.4, -0.2) is 50.5 Å². The van der Waals surface area contributed by atoms with Crippen molar-refractivity contribution in [3.63, 3.8) is 0 Å². The van der Waals surface area contributed by atoms with Crippen molar-refractivity contribution in [1.29, 1.82) is 0 Å². The molecule has 0 saturated heterocycles. The molecule has 8 heteroatoms. The van der Waals surface area contributed by atoms with Crippen LogP contribution in [-0.2, 0) is 16.1 Å². The first kappa shape index (κ1) is 24.5. The molecule has 184 valence electrons. The smallest absolute Gasteiger partial charge is 0.337 e. The van der Waals surface area contributed by atoms with Crippen molar-refractivity contribution in [1.82, 2.24) is 9.99 Å². The standard InChI is InChI=1S/C28H28N4O4/c1-31(2)23-10-7-11-24(15-23)36-19-27(33)30-29-16-22-18-32(26-13-5-4-12-25(22)26)17-20-8-6-9-21(14-20)28(34)35-3/h4-16,18H,17,19H2,1-3H3,(H,30,33)/b29-16+. The monoisotopic (exact) mass is 484 g/mol. The number of aromatic nitrogens is 1. The minimum atomic E-state index is -0.368. The number of rotatable bonds is 9. The Kier molecular flexibility index (Phi) is 7.65. The summed E-state index contributed by atoms with van der Waals surface area (Å²) in [5.41, 5.74) is 6.85. The summed E-state index contributed by atoms with van der Waals surface area (Å²) in [4.78, 5) is 26.1. The zero-order chi connectivity index (χ0) is 25.5. The Morgan fingerprint density at radius 1 is 1.03 bits per heavy atom. The van der Waals surface area contributed by atoms with Gasteiger partial charge in [0.15, 0.2) is 6.61 Å². The van der Waals surface area contributed by atoms with Crippen molar-refractivity contribution >= 4 is 34.7 Å². The van der Waals surface area contributed by atoms with Gasteiger partial charge >= 0.3 is 5.97 Å². The molecule has 0 spiro atoms. The summed E-state index contributed by atoms with van der Waals surface area (Å²) < 4.78 is 12.5. The lowest BCUT2D eigenvalue weighted by atomic mass is 10.1. The molecule has 4 aromatic rings. The fourth-order valence-electron chi connectivity index (χ4n) is 3.83. The largest absolute Gasteiger partial charge is 0.484 e. The third kappa shape index (κ3) is 5.90. The number of para-hydroxylation sites is 1. The van der Waals surface area contributed by atoms with Gasteiger partial charge in [-0.1, -0.05) is 36.4 Å². The number of esters is 1. The number of fused-ring (bicyclic) bond motifs is 1. The van der Waals surface area contributed by atoms with E-state index in [1.54, 1.807) is 18.3 Å². The summed E-state index contributed by atoms with van der Waals surface area (Å²) in [7, 11) is 5.25. The lowest BCUT2D eigenvalue weighted by Gasteiger charge is -2.13. The molecule has 0 aliphatic rings. The summed E-state index contributed by atoms with van der Waals surface area (Å²) >= 11 is 0. The van der Waals surface area contributed by atoms with Crippen LogP contribution < -0.4 is 15.1 Å². The van der Waals surface area contributed by atoms with Gasteiger partial charge in [0.2, 0.25) is 0 Å². The average Bonchev–Trinajstić information content (AvgIpc) is 3.24. The zero-order valence-electron chi connectivity index (χ0n) is 20.5. The molecular weight excluding hydrogens is 456 g/mol. The Morgan fingerprint density at radius 3 is 2.64 bits per heavy atom. The number of amides is 1. The predicted molar refractivity (Wildman–Crippen MR) is 141 cm³/mol. The number of anilines is 1. The number of hydrogen-bond acceptors (Lipinski definition) is 6. The highest BCUT2D eigenvalue weighted by Crippen LogP contribution is 2.22. The van der Waals surface area contributed by atoms with Gasteiger partial charge in [0.05, 0.1) is 18.9 Å². The molecule has 3 aromatic carbocycles. The maximum atomic E-state index is 12.2. The Hall–Kier alpha value is -4.59. The van der Waals surface area contributed by atoms with Crippen LogP contribution in [0.3, 0.4) is 0 Å². The van der Waals surface area contributed by atoms with Crippen molar-refractivity contribution in [2.45, 2.75) is 6.54 Å². The highest BCUT2D eigenvalue weighted by atomic mass is 16.5. The molecule has 0 bridgehead atoms. The number of ether oxygens (including phenoxy) is 2. The number of hydrogen-bond donors (Lipinski definition) is 1. The second-order valence-electron chi connectivity index (χ2n) is 8.40. The fraction of sp³-hybridized carbons (Fsp3) is 0.179. The van der Waals surface area contributed by atoms with E-state index in [0.717, 1.165) is 27.7 Å². The van der Waals surface area contributed by atoms with E-state index in [1.807, 2.05) is 85.9 Å². The molecule has 0 radical (unpaired) electrons. The van der Waals surface area contributed by atoms with Gasteiger partial charge in [-0.25, -0.2) is 10.2 Å². The Morgan fingerprint density at radius 2 is 1.83 bits per heavy atom. The Balaban J connectivity index is 1.43. The van der Waals surface area contributed by atoms with Gasteiger partial charge in [0.1, 0.15) is 5.75 Å². The second kappa shape index (κ2) is 11.2. The highest BCUT2D eigenvalue weighted by molar-refractivity contribution is 5.99. The summed E-state index contributed by atoms with van der Waals surface area (Å²) in [5, 5.41) is 5.13. The SMILES string of the molecule is COC(=O)c1cccc(Cn2cc(/C=N/NC(=O)COc3cccc(N(C)C)c3)c3ccccc32)c1. The fourth-order valence-corrected chi connectivity index (χ4v) is 3.83. The molecule has 8 nitrogen and oxygen atoms in total. The van der Waals surface area contributed by atoms with Gasteiger partial charge < -0.3 is 18.9 Å². The molecule has 0 unspecified atom stereocenters. The number of benzene rings is 3. The maximum absolute atomic E-state index is 12.2. The van der Waals surface area contributed by atoms with Gasteiger partial charge in [0.25, 0.3) is 5.91 Å². The van der Waals surface area contributed by atoms with Gasteiger partial charge in [-0.05, 0) is 35.9 Å². The van der Waals surface area contributed by atoms with Gasteiger partial charge in [-0.3, -0.25) is 4.79 Å². The van der Waals surface area contributed by atoms with E-state index >= 15 is 0 Å². The molecule has 1 aromatic heterocycles. The lowest BCUT2D eigenvalue weighted by Crippen LogP contribution is -2.24. The molecule has 1 heterocycles. The Labute approximate surface area is 209 Å². The predicted octanol–water partition coefficient (Wildman–Crippen LogP) is 4.07. The van der Waals surface area contributed by atoms with Crippen LogP contribution in [0, 0.1) is 0 Å². The third-order valence-corrected chi connectivity index (χ3v) is 5.62. The van der Waals surface area contributed by atoms with E-state index in [1.165, 1.54) is 7.11 Å². The number of hydrazone groups is 1. The molecule has 1 N–H and O–H groups in total. The summed E-state index contributed by atoms with van der Waals surface area (Å²) in [5.74, 6) is -0.114. The molecule has 36 heavy (non-hydrogen) atoms. The number of nitrogens with zero attached hydrogens (tertiary/aromatic N) is 3. The van der Waals surface area contributed by atoms with Crippen LogP contribution in [0.25, 0.3) is 10.9 Å². The van der Waals surface area contributed by atoms with Crippen molar-refractivity contribution in [3.05, 3.63) is 95.7 Å². The van der Waals surface area contributed by atoms with Crippen molar-refractivity contribution in [2.75, 3.05) is 32.7 Å². The van der Waals surface area contributed by atoms with Crippen LogP contribution in [0.4, 0.5) is 5.69 Å². The molecule has 4 rings (SSSR count). The lowest BCUT2D eigenvalue weighted by molar-refractivity contribution is -0.123. The quantitative estimate of drug-likeness (QED) is 0.220. The highest BCUT2D eigenvalue weighted by Gasteiger charge is 2.10. The normalized spacial score (nSPS) is 11.0. The van der Waals surface area contributed by atoms with Crippen molar-refractivity contribution in [2.24, 2.45) is 5.10 Å². The molecule has 0 atom stereocenters. The number of nitrogens with one attached hydrogen (secondary N) is 1. The van der Waals surface area contributed by atoms with Gasteiger partial charge in [-0.15, -0.1) is 0 Å². The first-order valence-corrected chi connectivity index (χ1v) is 11.4. The minimum Gasteiger partial charge on any atom is -0.484 e. The first-order chi connectivity index (χ1) is 17.4. The zero-order valence-corrected chi connectivity index (χ0v) is 20.5. The summed E-state index contributed by atoms with van der Waals surface area (Å²) in [6.07, 6.45) is 3.59. The van der Waals surface area contributed by atoms with E-state index in [4.69, 9.17) is 9.47 Å². The minimum absolute atomic E-state index is 0.146. The number of carbonyl (C=O) groups excluding carboxylic acids is 2. The Bertz CT molecular complexity index is 1410. The second-order valence-corrected chi connectivity index (χ2v) is 8.40. The van der Waals surface area contributed by atoms with Crippen LogP contribution >= 0.6 is 0 Å². The van der Waals surface area contributed by atoms with Crippen LogP contribution in [0.2, 0.25) is 0 Å². The van der Waals surface area contributed by atoms with E-state index in [-0.39, 0.29) is 18.5 Å². The number of carbonyl (C=O) groups is 2. The van der Waals surface area contributed by atoms with Crippen LogP contribution in [0.15, 0.2) is 84.1 Å². The summed E-state index contributed by atoms with van der Waals surface area (Å²) in [6, 6.07) is 22.8. The molecule has 0 fully saturated rings. The maximum Gasteiger partial charge on any atom is 0.337 e. The molecular formula is C28H28N4O4. The average molecular weight is 485 g/mol. The van der Waals surface area contributed by atoms with E-state index in [9.17, 15) is 9.59 Å². The molecule has 1 amide bonds. The molecule has 0 aliphatic heterocycles. The first-order valence-electron chi connectivity index (χ1n) is 11.4. The van der Waals surface area contributed by atoms with Gasteiger partial charge in [-0.2, -0.15) is 5.10 Å². The van der Waals surface area contributed by atoms with E-state index < -0.39 is 0 Å². The topological polar surface area (TPSA) is 85.2 Å². The van der Waals surface area contributed by atoms with Gasteiger partial charge in [0, 0.05) is 55.1 Å². The van der Waals surface area contributed by atoms with E-state index in [2.05, 4.69) is 15.1 Å². The number of methoxy groups -OCH3 is 1. The van der Waals surface area contributed by atoms with Crippen molar-refractivity contribution in [3.8, 4) is 5.75 Å². The molecule has 0 aliphatic carbocycles. The van der Waals surface area contributed by atoms with E-state index in [0.29, 0.717) is 17.9 Å². The molecule has 0 saturated carbocycles.